The molecule has 4 nitrogen and oxygen atoms in total. The number of carbonyl (C=O) groups is 1. The van der Waals surface area contributed by atoms with Crippen LogP contribution in [-0.2, 0) is 10.2 Å². The van der Waals surface area contributed by atoms with Crippen LogP contribution < -0.4 is 0 Å². The van der Waals surface area contributed by atoms with E-state index in [1.165, 1.54) is 0 Å². The van der Waals surface area contributed by atoms with Crippen molar-refractivity contribution < 1.29 is 9.90 Å². The Bertz CT molecular complexity index is 529. The lowest BCUT2D eigenvalue weighted by Gasteiger charge is -2.15. The molecule has 1 aromatic heterocycles. The highest BCUT2D eigenvalue weighted by atomic mass is 16.4. The summed E-state index contributed by atoms with van der Waals surface area (Å²) in [6.07, 6.45) is 1.77. The van der Waals surface area contributed by atoms with Crippen LogP contribution in [0.1, 0.15) is 19.5 Å². The fourth-order valence-electron chi connectivity index (χ4n) is 1.49. The van der Waals surface area contributed by atoms with E-state index in [0.29, 0.717) is 5.69 Å². The van der Waals surface area contributed by atoms with Crippen LogP contribution in [0, 0.1) is 0 Å². The van der Waals surface area contributed by atoms with Gasteiger partial charge in [0, 0.05) is 6.20 Å². The Morgan fingerprint density at radius 2 is 1.88 bits per heavy atom. The first-order valence-electron chi connectivity index (χ1n) is 5.37. The van der Waals surface area contributed by atoms with E-state index in [4.69, 9.17) is 5.11 Å². The van der Waals surface area contributed by atoms with Gasteiger partial charge in [-0.15, -0.1) is 0 Å². The lowest BCUT2D eigenvalue weighted by molar-refractivity contribution is -0.142. The zero-order valence-electron chi connectivity index (χ0n) is 9.79. The minimum absolute atomic E-state index is 0.550. The SMILES string of the molecule is CC(C)(C(=O)O)c1ccn(-c2ccccc2)n1. The molecule has 0 amide bonds. The molecule has 2 aromatic rings. The molecule has 0 bridgehead atoms. The molecule has 0 unspecified atom stereocenters. The average molecular weight is 230 g/mol. The van der Waals surface area contributed by atoms with Gasteiger partial charge in [0.1, 0.15) is 5.41 Å². The summed E-state index contributed by atoms with van der Waals surface area (Å²) in [4.78, 5) is 11.1. The predicted octanol–water partition coefficient (Wildman–Crippen LogP) is 2.23. The standard InChI is InChI=1S/C13H14N2O2/c1-13(2,12(16)17)11-8-9-15(14-11)10-6-4-3-5-7-10/h3-9H,1-2H3,(H,16,17). The van der Waals surface area contributed by atoms with Crippen molar-refractivity contribution in [1.82, 2.24) is 9.78 Å². The molecule has 0 aliphatic carbocycles. The number of hydrogen-bond acceptors (Lipinski definition) is 2. The molecule has 0 aliphatic heterocycles. The van der Waals surface area contributed by atoms with Crippen molar-refractivity contribution in [2.45, 2.75) is 19.3 Å². The van der Waals surface area contributed by atoms with Crippen LogP contribution in [0.15, 0.2) is 42.6 Å². The van der Waals surface area contributed by atoms with E-state index in [0.717, 1.165) is 5.69 Å². The van der Waals surface area contributed by atoms with Crippen molar-refractivity contribution in [2.24, 2.45) is 0 Å². The van der Waals surface area contributed by atoms with Gasteiger partial charge in [-0.05, 0) is 32.0 Å². The van der Waals surface area contributed by atoms with Gasteiger partial charge < -0.3 is 5.11 Å². The van der Waals surface area contributed by atoms with Crippen LogP contribution >= 0.6 is 0 Å². The van der Waals surface area contributed by atoms with E-state index in [2.05, 4.69) is 5.10 Å². The molecular weight excluding hydrogens is 216 g/mol. The van der Waals surface area contributed by atoms with Gasteiger partial charge in [0.15, 0.2) is 0 Å². The molecular formula is C13H14N2O2. The minimum atomic E-state index is -0.972. The van der Waals surface area contributed by atoms with E-state index in [1.54, 1.807) is 30.8 Å². The van der Waals surface area contributed by atoms with Crippen LogP contribution in [-0.4, -0.2) is 20.9 Å². The van der Waals surface area contributed by atoms with Gasteiger partial charge in [0.2, 0.25) is 0 Å². The molecule has 0 spiro atoms. The third-order valence-corrected chi connectivity index (χ3v) is 2.78. The van der Waals surface area contributed by atoms with E-state index in [9.17, 15) is 4.79 Å². The zero-order chi connectivity index (χ0) is 12.5. The number of carboxylic acids is 1. The van der Waals surface area contributed by atoms with Crippen LogP contribution in [0.5, 0.6) is 0 Å². The lowest BCUT2D eigenvalue weighted by atomic mass is 9.90. The molecule has 17 heavy (non-hydrogen) atoms. The Labute approximate surface area is 99.5 Å². The average Bonchev–Trinajstić information content (AvgIpc) is 2.80. The summed E-state index contributed by atoms with van der Waals surface area (Å²) in [5.74, 6) is -0.879. The van der Waals surface area contributed by atoms with Crippen LogP contribution in [0.3, 0.4) is 0 Å². The Morgan fingerprint density at radius 3 is 2.47 bits per heavy atom. The first kappa shape index (κ1) is 11.4. The van der Waals surface area contributed by atoms with Crippen molar-refractivity contribution in [3.63, 3.8) is 0 Å². The highest BCUT2D eigenvalue weighted by molar-refractivity contribution is 5.79. The molecule has 0 atom stereocenters. The third kappa shape index (κ3) is 2.06. The second-order valence-corrected chi connectivity index (χ2v) is 4.41. The van der Waals surface area contributed by atoms with Crippen LogP contribution in [0.2, 0.25) is 0 Å². The highest BCUT2D eigenvalue weighted by Gasteiger charge is 2.31. The molecule has 4 heteroatoms. The molecule has 0 fully saturated rings. The maximum Gasteiger partial charge on any atom is 0.315 e. The Kier molecular flexibility index (Phi) is 2.71. The topological polar surface area (TPSA) is 55.1 Å². The quantitative estimate of drug-likeness (QED) is 0.879. The number of para-hydroxylation sites is 1. The Morgan fingerprint density at radius 1 is 1.24 bits per heavy atom. The van der Waals surface area contributed by atoms with Crippen molar-refractivity contribution in [1.29, 1.82) is 0 Å². The maximum absolute atomic E-state index is 11.1. The molecule has 88 valence electrons. The number of benzene rings is 1. The number of rotatable bonds is 3. The fraction of sp³-hybridized carbons (Fsp3) is 0.231. The van der Waals surface area contributed by atoms with Gasteiger partial charge in [-0.1, -0.05) is 18.2 Å². The maximum atomic E-state index is 11.1. The first-order valence-corrected chi connectivity index (χ1v) is 5.37. The first-order chi connectivity index (χ1) is 8.01. The predicted molar refractivity (Wildman–Crippen MR) is 64.2 cm³/mol. The molecule has 1 N–H and O–H groups in total. The monoisotopic (exact) mass is 230 g/mol. The minimum Gasteiger partial charge on any atom is -0.481 e. The normalized spacial score (nSPS) is 11.4. The smallest absolute Gasteiger partial charge is 0.315 e. The number of hydrogen-bond donors (Lipinski definition) is 1. The van der Waals surface area contributed by atoms with Crippen molar-refractivity contribution >= 4 is 5.97 Å². The van der Waals surface area contributed by atoms with Gasteiger partial charge in [-0.3, -0.25) is 4.79 Å². The number of aromatic nitrogens is 2. The second kappa shape index (κ2) is 4.05. The van der Waals surface area contributed by atoms with Crippen molar-refractivity contribution in [3.05, 3.63) is 48.3 Å². The number of nitrogens with zero attached hydrogens (tertiary/aromatic N) is 2. The van der Waals surface area contributed by atoms with Gasteiger partial charge in [-0.2, -0.15) is 5.10 Å². The summed E-state index contributed by atoms with van der Waals surface area (Å²) in [5.41, 5.74) is 0.494. The summed E-state index contributed by atoms with van der Waals surface area (Å²) in [6.45, 7) is 3.29. The Balaban J connectivity index is 2.38. The summed E-state index contributed by atoms with van der Waals surface area (Å²) in [5, 5.41) is 13.4. The summed E-state index contributed by atoms with van der Waals surface area (Å²) in [6, 6.07) is 11.3. The summed E-state index contributed by atoms with van der Waals surface area (Å²) >= 11 is 0. The van der Waals surface area contributed by atoms with Crippen molar-refractivity contribution in [2.75, 3.05) is 0 Å². The number of carboxylic acid groups (broad SMARTS) is 1. The van der Waals surface area contributed by atoms with Gasteiger partial charge in [0.25, 0.3) is 0 Å². The van der Waals surface area contributed by atoms with E-state index in [-0.39, 0.29) is 0 Å². The van der Waals surface area contributed by atoms with E-state index in [1.807, 2.05) is 30.3 Å². The molecule has 0 radical (unpaired) electrons. The van der Waals surface area contributed by atoms with E-state index < -0.39 is 11.4 Å². The second-order valence-electron chi connectivity index (χ2n) is 4.41. The molecule has 2 rings (SSSR count). The van der Waals surface area contributed by atoms with E-state index >= 15 is 0 Å². The van der Waals surface area contributed by atoms with Gasteiger partial charge in [-0.25, -0.2) is 4.68 Å². The number of aliphatic carboxylic acids is 1. The van der Waals surface area contributed by atoms with Gasteiger partial charge in [0.05, 0.1) is 11.4 Å². The summed E-state index contributed by atoms with van der Waals surface area (Å²) < 4.78 is 1.68. The Hall–Kier alpha value is -2.10. The largest absolute Gasteiger partial charge is 0.481 e. The molecule has 1 heterocycles. The van der Waals surface area contributed by atoms with Crippen molar-refractivity contribution in [3.8, 4) is 5.69 Å². The molecule has 0 saturated carbocycles. The highest BCUT2D eigenvalue weighted by Crippen LogP contribution is 2.22. The van der Waals surface area contributed by atoms with Crippen LogP contribution in [0.4, 0.5) is 0 Å². The molecule has 1 aromatic carbocycles. The van der Waals surface area contributed by atoms with Crippen LogP contribution in [0.25, 0.3) is 5.69 Å². The fourth-order valence-corrected chi connectivity index (χ4v) is 1.49. The lowest BCUT2D eigenvalue weighted by Crippen LogP contribution is -2.29. The third-order valence-electron chi connectivity index (χ3n) is 2.78. The molecule has 0 aliphatic rings. The van der Waals surface area contributed by atoms with Gasteiger partial charge >= 0.3 is 5.97 Å². The summed E-state index contributed by atoms with van der Waals surface area (Å²) in [7, 11) is 0. The molecule has 0 saturated heterocycles. The zero-order valence-corrected chi connectivity index (χ0v) is 9.79.